The van der Waals surface area contributed by atoms with Crippen LogP contribution in [0.4, 0.5) is 0 Å². The van der Waals surface area contributed by atoms with Gasteiger partial charge in [0.1, 0.15) is 10.8 Å². The molecule has 1 aromatic carbocycles. The molecule has 1 unspecified atom stereocenters. The van der Waals surface area contributed by atoms with Gasteiger partial charge in [0.25, 0.3) is 5.91 Å². The van der Waals surface area contributed by atoms with Gasteiger partial charge in [-0.05, 0) is 24.8 Å². The molecule has 20 heavy (non-hydrogen) atoms. The molecular weight excluding hydrogens is 276 g/mol. The summed E-state index contributed by atoms with van der Waals surface area (Å²) < 4.78 is 0. The molecule has 0 aliphatic heterocycles. The highest BCUT2D eigenvalue weighted by Crippen LogP contribution is 2.22. The highest BCUT2D eigenvalue weighted by atomic mass is 35.5. The third-order valence-corrected chi connectivity index (χ3v) is 3.76. The van der Waals surface area contributed by atoms with Gasteiger partial charge in [-0.15, -0.1) is 0 Å². The van der Waals surface area contributed by atoms with Gasteiger partial charge in [-0.2, -0.15) is 0 Å². The van der Waals surface area contributed by atoms with Crippen LogP contribution >= 0.6 is 11.6 Å². The van der Waals surface area contributed by atoms with E-state index in [-0.39, 0.29) is 18.2 Å². The van der Waals surface area contributed by atoms with Gasteiger partial charge in [0.15, 0.2) is 0 Å². The maximum absolute atomic E-state index is 12.2. The van der Waals surface area contributed by atoms with E-state index in [1.165, 1.54) is 0 Å². The molecule has 4 nitrogen and oxygen atoms in total. The van der Waals surface area contributed by atoms with Crippen LogP contribution in [-0.2, 0) is 0 Å². The first-order valence-corrected chi connectivity index (χ1v) is 6.85. The lowest BCUT2D eigenvalue weighted by Gasteiger charge is -2.27. The number of aliphatic hydroxyl groups is 1. The summed E-state index contributed by atoms with van der Waals surface area (Å²) in [5.41, 5.74) is -0.404. The van der Waals surface area contributed by atoms with E-state index in [4.69, 9.17) is 11.6 Å². The van der Waals surface area contributed by atoms with Crippen molar-refractivity contribution in [3.8, 4) is 0 Å². The van der Waals surface area contributed by atoms with Crippen molar-refractivity contribution in [2.75, 3.05) is 6.61 Å². The number of hydrogen-bond acceptors (Lipinski definition) is 3. The average Bonchev–Trinajstić information content (AvgIpc) is 2.47. The number of carbonyl (C=O) groups excluding carboxylic acids is 1. The van der Waals surface area contributed by atoms with Crippen molar-refractivity contribution < 1.29 is 9.90 Å². The van der Waals surface area contributed by atoms with Gasteiger partial charge in [0, 0.05) is 5.39 Å². The van der Waals surface area contributed by atoms with Crippen molar-refractivity contribution in [3.63, 3.8) is 0 Å². The molecule has 0 aliphatic carbocycles. The maximum atomic E-state index is 12.2. The lowest BCUT2D eigenvalue weighted by atomic mass is 10.00. The van der Waals surface area contributed by atoms with E-state index in [1.807, 2.05) is 31.2 Å². The normalized spacial score (nSPS) is 14.0. The van der Waals surface area contributed by atoms with Crippen molar-refractivity contribution >= 4 is 28.3 Å². The Hall–Kier alpha value is -1.65. The maximum Gasteiger partial charge on any atom is 0.270 e. The second kappa shape index (κ2) is 5.77. The van der Waals surface area contributed by atoms with Crippen LogP contribution in [0, 0.1) is 0 Å². The SMILES string of the molecule is CCC(C)(CO)NC(=O)c1cc2ccccc2c(Cl)n1. The standard InChI is InChI=1S/C15H17ClN2O2/c1-3-15(2,9-19)18-14(20)12-8-10-6-4-5-7-11(10)13(16)17-12/h4-8,19H,3,9H2,1-2H3,(H,18,20). The quantitative estimate of drug-likeness (QED) is 0.852. The number of aromatic nitrogens is 1. The molecule has 0 aliphatic rings. The number of halogens is 1. The fourth-order valence-electron chi connectivity index (χ4n) is 1.85. The lowest BCUT2D eigenvalue weighted by molar-refractivity contribution is 0.0842. The molecule has 0 bridgehead atoms. The van der Waals surface area contributed by atoms with Gasteiger partial charge in [-0.3, -0.25) is 4.79 Å². The molecule has 0 fully saturated rings. The molecule has 2 aromatic rings. The van der Waals surface area contributed by atoms with Gasteiger partial charge in [0.2, 0.25) is 0 Å². The molecule has 1 heterocycles. The zero-order valence-electron chi connectivity index (χ0n) is 11.5. The highest BCUT2D eigenvalue weighted by molar-refractivity contribution is 6.34. The first-order chi connectivity index (χ1) is 9.49. The smallest absolute Gasteiger partial charge is 0.270 e. The van der Waals surface area contributed by atoms with Crippen LogP contribution in [0.3, 0.4) is 0 Å². The molecule has 1 amide bonds. The predicted molar refractivity (Wildman–Crippen MR) is 80.0 cm³/mol. The Bertz CT molecular complexity index is 639. The average molecular weight is 293 g/mol. The number of pyridine rings is 1. The first kappa shape index (κ1) is 14.8. The number of benzene rings is 1. The van der Waals surface area contributed by atoms with Crippen LogP contribution in [0.25, 0.3) is 10.8 Å². The fraction of sp³-hybridized carbons (Fsp3) is 0.333. The Kier molecular flexibility index (Phi) is 4.26. The minimum Gasteiger partial charge on any atom is -0.394 e. The first-order valence-electron chi connectivity index (χ1n) is 6.48. The van der Waals surface area contributed by atoms with E-state index in [1.54, 1.807) is 13.0 Å². The lowest BCUT2D eigenvalue weighted by Crippen LogP contribution is -2.48. The zero-order valence-corrected chi connectivity index (χ0v) is 12.2. The second-order valence-electron chi connectivity index (χ2n) is 5.05. The number of fused-ring (bicyclic) bond motifs is 1. The van der Waals surface area contributed by atoms with Gasteiger partial charge >= 0.3 is 0 Å². The van der Waals surface area contributed by atoms with Crippen LogP contribution in [0.5, 0.6) is 0 Å². The monoisotopic (exact) mass is 292 g/mol. The molecule has 0 saturated heterocycles. The van der Waals surface area contributed by atoms with E-state index >= 15 is 0 Å². The van der Waals surface area contributed by atoms with Gasteiger partial charge in [-0.25, -0.2) is 4.98 Å². The van der Waals surface area contributed by atoms with Crippen molar-refractivity contribution in [1.29, 1.82) is 0 Å². The zero-order chi connectivity index (χ0) is 14.8. The molecule has 106 valence electrons. The van der Waals surface area contributed by atoms with Gasteiger partial charge in [0.05, 0.1) is 12.1 Å². The number of carbonyl (C=O) groups is 1. The van der Waals surface area contributed by atoms with Crippen molar-refractivity contribution in [2.45, 2.75) is 25.8 Å². The van der Waals surface area contributed by atoms with E-state index in [0.717, 1.165) is 10.8 Å². The summed E-state index contributed by atoms with van der Waals surface area (Å²) in [6, 6.07) is 9.19. The second-order valence-corrected chi connectivity index (χ2v) is 5.40. The van der Waals surface area contributed by atoms with E-state index in [9.17, 15) is 9.90 Å². The Morgan fingerprint density at radius 2 is 2.15 bits per heavy atom. The molecule has 1 aromatic heterocycles. The Balaban J connectivity index is 2.36. The van der Waals surface area contributed by atoms with Crippen LogP contribution in [-0.4, -0.2) is 28.1 Å². The summed E-state index contributed by atoms with van der Waals surface area (Å²) in [4.78, 5) is 16.4. The predicted octanol–water partition coefficient (Wildman–Crippen LogP) is 2.78. The summed E-state index contributed by atoms with van der Waals surface area (Å²) in [5, 5.41) is 14.1. The third-order valence-electron chi connectivity index (χ3n) is 3.47. The van der Waals surface area contributed by atoms with Crippen LogP contribution in [0.15, 0.2) is 30.3 Å². The van der Waals surface area contributed by atoms with E-state index < -0.39 is 5.54 Å². The molecule has 0 saturated carbocycles. The molecule has 2 rings (SSSR count). The molecule has 0 radical (unpaired) electrons. The molecule has 5 heteroatoms. The van der Waals surface area contributed by atoms with Crippen LogP contribution in [0.1, 0.15) is 30.8 Å². The number of hydrogen-bond donors (Lipinski definition) is 2. The largest absolute Gasteiger partial charge is 0.394 e. The minimum atomic E-state index is -0.656. The van der Waals surface area contributed by atoms with Crippen molar-refractivity contribution in [2.24, 2.45) is 0 Å². The summed E-state index contributed by atoms with van der Waals surface area (Å²) in [6.45, 7) is 3.56. The van der Waals surface area contributed by atoms with Gasteiger partial charge in [-0.1, -0.05) is 42.8 Å². The Morgan fingerprint density at radius 1 is 1.45 bits per heavy atom. The van der Waals surface area contributed by atoms with E-state index in [0.29, 0.717) is 11.6 Å². The number of rotatable bonds is 4. The molecular formula is C15H17ClN2O2. The topological polar surface area (TPSA) is 62.2 Å². The number of amides is 1. The molecule has 1 atom stereocenters. The van der Waals surface area contributed by atoms with Crippen molar-refractivity contribution in [1.82, 2.24) is 10.3 Å². The van der Waals surface area contributed by atoms with E-state index in [2.05, 4.69) is 10.3 Å². The summed E-state index contributed by atoms with van der Waals surface area (Å²) >= 11 is 6.10. The van der Waals surface area contributed by atoms with Crippen molar-refractivity contribution in [3.05, 3.63) is 41.2 Å². The Morgan fingerprint density at radius 3 is 2.80 bits per heavy atom. The van der Waals surface area contributed by atoms with Crippen LogP contribution in [0.2, 0.25) is 5.15 Å². The number of nitrogens with zero attached hydrogens (tertiary/aromatic N) is 1. The highest BCUT2D eigenvalue weighted by Gasteiger charge is 2.24. The summed E-state index contributed by atoms with van der Waals surface area (Å²) in [5.74, 6) is -0.337. The third kappa shape index (κ3) is 2.92. The Labute approximate surface area is 122 Å². The number of aliphatic hydroxyl groups excluding tert-OH is 1. The molecule has 2 N–H and O–H groups in total. The fourth-order valence-corrected chi connectivity index (χ4v) is 2.11. The number of nitrogens with one attached hydrogen (secondary N) is 1. The molecule has 0 spiro atoms. The summed E-state index contributed by atoms with van der Waals surface area (Å²) in [6.07, 6.45) is 0.622. The minimum absolute atomic E-state index is 0.128. The van der Waals surface area contributed by atoms with Crippen LogP contribution < -0.4 is 5.32 Å². The summed E-state index contributed by atoms with van der Waals surface area (Å²) in [7, 11) is 0. The van der Waals surface area contributed by atoms with Gasteiger partial charge < -0.3 is 10.4 Å².